The summed E-state index contributed by atoms with van der Waals surface area (Å²) in [7, 11) is 0. The molecule has 0 saturated heterocycles. The fraction of sp³-hybridized carbons (Fsp3) is 0.750. The first-order valence-corrected chi connectivity index (χ1v) is 6.58. The minimum Gasteiger partial charge on any atom is -0.331 e. The Bertz CT molecular complexity index is 407. The summed E-state index contributed by atoms with van der Waals surface area (Å²) in [5, 5.41) is 0.709. The van der Waals surface area contributed by atoms with Crippen LogP contribution in [0.5, 0.6) is 0 Å². The van der Waals surface area contributed by atoms with Crippen molar-refractivity contribution in [2.24, 2.45) is 5.73 Å². The van der Waals surface area contributed by atoms with Gasteiger partial charge in [-0.3, -0.25) is 0 Å². The molecule has 2 aliphatic rings. The van der Waals surface area contributed by atoms with Crippen LogP contribution in [0.3, 0.4) is 0 Å². The molecule has 3 nitrogen and oxygen atoms in total. The van der Waals surface area contributed by atoms with Gasteiger partial charge in [0.25, 0.3) is 0 Å². The standard InChI is InChI=1S/C12H18ClN3/c13-11-9(4-5-12(14)6-7-12)16-8-2-1-3-10(16)15-11/h1-8,14H2. The quantitative estimate of drug-likeness (QED) is 0.880. The van der Waals surface area contributed by atoms with Crippen LogP contribution < -0.4 is 5.73 Å². The zero-order valence-corrected chi connectivity index (χ0v) is 10.3. The Balaban J connectivity index is 1.79. The molecule has 4 heteroatoms. The monoisotopic (exact) mass is 239 g/mol. The molecule has 1 aliphatic carbocycles. The van der Waals surface area contributed by atoms with Gasteiger partial charge >= 0.3 is 0 Å². The number of aromatic nitrogens is 2. The van der Waals surface area contributed by atoms with Crippen molar-refractivity contribution < 1.29 is 0 Å². The Morgan fingerprint density at radius 3 is 2.94 bits per heavy atom. The number of nitrogens with zero attached hydrogens (tertiary/aromatic N) is 2. The molecule has 2 heterocycles. The highest BCUT2D eigenvalue weighted by Gasteiger charge is 2.38. The number of hydrogen-bond acceptors (Lipinski definition) is 2. The van der Waals surface area contributed by atoms with Gasteiger partial charge < -0.3 is 10.3 Å². The van der Waals surface area contributed by atoms with Crippen LogP contribution in [0.15, 0.2) is 0 Å². The molecule has 0 atom stereocenters. The van der Waals surface area contributed by atoms with Crippen molar-refractivity contribution in [1.82, 2.24) is 9.55 Å². The summed E-state index contributed by atoms with van der Waals surface area (Å²) >= 11 is 6.21. The van der Waals surface area contributed by atoms with E-state index in [9.17, 15) is 0 Å². The first kappa shape index (κ1) is 10.6. The molecule has 0 unspecified atom stereocenters. The molecule has 0 amide bonds. The molecule has 3 rings (SSSR count). The van der Waals surface area contributed by atoms with Crippen molar-refractivity contribution in [1.29, 1.82) is 0 Å². The van der Waals surface area contributed by atoms with Crippen LogP contribution in [0.2, 0.25) is 5.15 Å². The normalized spacial score (nSPS) is 21.9. The molecule has 0 spiro atoms. The van der Waals surface area contributed by atoms with Crippen LogP contribution in [0, 0.1) is 0 Å². The molecule has 0 bridgehead atoms. The maximum Gasteiger partial charge on any atom is 0.150 e. The van der Waals surface area contributed by atoms with Crippen LogP contribution in [0.4, 0.5) is 0 Å². The average Bonchev–Trinajstić information content (AvgIpc) is 2.91. The molecule has 1 aromatic heterocycles. The van der Waals surface area contributed by atoms with E-state index in [1.165, 1.54) is 37.2 Å². The number of aryl methyl sites for hydroxylation is 1. The van der Waals surface area contributed by atoms with Crippen molar-refractivity contribution in [2.45, 2.75) is 57.0 Å². The summed E-state index contributed by atoms with van der Waals surface area (Å²) in [6.07, 6.45) is 7.96. The molecule has 1 aromatic rings. The van der Waals surface area contributed by atoms with Crippen LogP contribution in [-0.4, -0.2) is 15.1 Å². The van der Waals surface area contributed by atoms with Gasteiger partial charge in [0.15, 0.2) is 5.15 Å². The van der Waals surface area contributed by atoms with E-state index in [0.29, 0.717) is 5.15 Å². The molecule has 1 aliphatic heterocycles. The summed E-state index contributed by atoms with van der Waals surface area (Å²) in [6.45, 7) is 1.09. The van der Waals surface area contributed by atoms with E-state index >= 15 is 0 Å². The van der Waals surface area contributed by atoms with E-state index < -0.39 is 0 Å². The topological polar surface area (TPSA) is 43.8 Å². The number of rotatable bonds is 3. The van der Waals surface area contributed by atoms with Crippen LogP contribution in [0.1, 0.15) is 43.6 Å². The third kappa shape index (κ3) is 1.87. The fourth-order valence-corrected chi connectivity index (χ4v) is 2.82. The van der Waals surface area contributed by atoms with Crippen molar-refractivity contribution >= 4 is 11.6 Å². The SMILES string of the molecule is NC1(CCc2c(Cl)nc3n2CCCC3)CC1. The van der Waals surface area contributed by atoms with Crippen molar-refractivity contribution in [3.63, 3.8) is 0 Å². The van der Waals surface area contributed by atoms with E-state index in [0.717, 1.165) is 25.8 Å². The summed E-state index contributed by atoms with van der Waals surface area (Å²) in [6, 6.07) is 0. The van der Waals surface area contributed by atoms with Gasteiger partial charge in [-0.2, -0.15) is 0 Å². The number of halogens is 1. The number of hydrogen-bond donors (Lipinski definition) is 1. The third-order valence-corrected chi connectivity index (χ3v) is 4.19. The first-order valence-electron chi connectivity index (χ1n) is 6.21. The van der Waals surface area contributed by atoms with E-state index in [2.05, 4.69) is 9.55 Å². The maximum absolute atomic E-state index is 6.21. The lowest BCUT2D eigenvalue weighted by atomic mass is 10.1. The highest BCUT2D eigenvalue weighted by Crippen LogP contribution is 2.37. The summed E-state index contributed by atoms with van der Waals surface area (Å²) < 4.78 is 2.32. The lowest BCUT2D eigenvalue weighted by Gasteiger charge is -2.17. The molecule has 1 saturated carbocycles. The molecule has 1 fully saturated rings. The summed E-state index contributed by atoms with van der Waals surface area (Å²) in [5.74, 6) is 1.17. The number of fused-ring (bicyclic) bond motifs is 1. The highest BCUT2D eigenvalue weighted by atomic mass is 35.5. The van der Waals surface area contributed by atoms with Gasteiger partial charge in [-0.25, -0.2) is 4.98 Å². The Kier molecular flexibility index (Phi) is 2.48. The molecule has 0 radical (unpaired) electrons. The van der Waals surface area contributed by atoms with Crippen molar-refractivity contribution in [3.8, 4) is 0 Å². The van der Waals surface area contributed by atoms with Crippen LogP contribution in [0.25, 0.3) is 0 Å². The Labute approximate surface area is 101 Å². The second kappa shape index (κ2) is 3.74. The Morgan fingerprint density at radius 1 is 1.38 bits per heavy atom. The van der Waals surface area contributed by atoms with Gasteiger partial charge in [0.05, 0.1) is 5.69 Å². The smallest absolute Gasteiger partial charge is 0.150 e. The lowest BCUT2D eigenvalue weighted by Crippen LogP contribution is -2.23. The summed E-state index contributed by atoms with van der Waals surface area (Å²) in [4.78, 5) is 4.46. The molecular weight excluding hydrogens is 222 g/mol. The van der Waals surface area contributed by atoms with Crippen LogP contribution in [-0.2, 0) is 19.4 Å². The van der Waals surface area contributed by atoms with Gasteiger partial charge in [-0.15, -0.1) is 0 Å². The highest BCUT2D eigenvalue weighted by molar-refractivity contribution is 6.30. The predicted molar refractivity (Wildman–Crippen MR) is 64.6 cm³/mol. The first-order chi connectivity index (χ1) is 7.68. The van der Waals surface area contributed by atoms with E-state index in [1.54, 1.807) is 0 Å². The largest absolute Gasteiger partial charge is 0.331 e. The molecule has 2 N–H and O–H groups in total. The second-order valence-electron chi connectivity index (χ2n) is 5.24. The average molecular weight is 240 g/mol. The van der Waals surface area contributed by atoms with E-state index in [1.807, 2.05) is 0 Å². The molecule has 88 valence electrons. The number of imidazole rings is 1. The van der Waals surface area contributed by atoms with E-state index in [-0.39, 0.29) is 5.54 Å². The fourth-order valence-electron chi connectivity index (χ4n) is 2.53. The molecule has 16 heavy (non-hydrogen) atoms. The second-order valence-corrected chi connectivity index (χ2v) is 5.59. The zero-order valence-electron chi connectivity index (χ0n) is 9.51. The molecule has 0 aromatic carbocycles. The van der Waals surface area contributed by atoms with Crippen molar-refractivity contribution in [2.75, 3.05) is 0 Å². The lowest BCUT2D eigenvalue weighted by molar-refractivity contribution is 0.497. The summed E-state index contributed by atoms with van der Waals surface area (Å²) in [5.41, 5.74) is 7.45. The number of nitrogens with two attached hydrogens (primary N) is 1. The van der Waals surface area contributed by atoms with Crippen molar-refractivity contribution in [3.05, 3.63) is 16.7 Å². The predicted octanol–water partition coefficient (Wildman–Crippen LogP) is 2.30. The van der Waals surface area contributed by atoms with Gasteiger partial charge in [0.2, 0.25) is 0 Å². The van der Waals surface area contributed by atoms with Gasteiger partial charge in [-0.1, -0.05) is 11.6 Å². The Hall–Kier alpha value is -0.540. The minimum absolute atomic E-state index is 0.114. The van der Waals surface area contributed by atoms with Gasteiger partial charge in [-0.05, 0) is 38.5 Å². The van der Waals surface area contributed by atoms with Crippen LogP contribution >= 0.6 is 11.6 Å². The van der Waals surface area contributed by atoms with Gasteiger partial charge in [0.1, 0.15) is 5.82 Å². The van der Waals surface area contributed by atoms with E-state index in [4.69, 9.17) is 17.3 Å². The maximum atomic E-state index is 6.21. The zero-order chi connectivity index (χ0) is 11.2. The minimum atomic E-state index is 0.114. The Morgan fingerprint density at radius 2 is 2.19 bits per heavy atom. The van der Waals surface area contributed by atoms with Gasteiger partial charge in [0, 0.05) is 18.5 Å². The third-order valence-electron chi connectivity index (χ3n) is 3.89. The molecular formula is C12H18ClN3.